The third kappa shape index (κ3) is 4.51. The molecule has 0 fully saturated rings. The van der Waals surface area contributed by atoms with E-state index in [2.05, 4.69) is 5.32 Å². The largest absolute Gasteiger partial charge is 0.481 e. The lowest BCUT2D eigenvalue weighted by molar-refractivity contribution is -0.136. The molecule has 0 saturated heterocycles. The molecule has 0 heterocycles. The van der Waals surface area contributed by atoms with Crippen LogP contribution in [-0.4, -0.2) is 23.5 Å². The van der Waals surface area contributed by atoms with Gasteiger partial charge in [-0.05, 0) is 24.6 Å². The molecule has 4 heteroatoms. The van der Waals surface area contributed by atoms with E-state index in [0.717, 1.165) is 5.56 Å². The van der Waals surface area contributed by atoms with Crippen molar-refractivity contribution in [1.82, 2.24) is 5.32 Å². The van der Waals surface area contributed by atoms with E-state index >= 15 is 0 Å². The first kappa shape index (κ1) is 13.0. The van der Waals surface area contributed by atoms with E-state index in [9.17, 15) is 9.59 Å². The molecule has 0 aromatic heterocycles. The summed E-state index contributed by atoms with van der Waals surface area (Å²) in [6.07, 6.45) is 3.79. The summed E-state index contributed by atoms with van der Waals surface area (Å²) < 4.78 is 0. The molecule has 0 unspecified atom stereocenters. The normalized spacial score (nSPS) is 10.4. The van der Waals surface area contributed by atoms with Crippen LogP contribution in [0.25, 0.3) is 6.08 Å². The van der Waals surface area contributed by atoms with Gasteiger partial charge in [0.2, 0.25) is 0 Å². The third-order valence-corrected chi connectivity index (χ3v) is 2.16. The Balaban J connectivity index is 2.54. The predicted octanol–water partition coefficient (Wildman–Crippen LogP) is 1.92. The van der Waals surface area contributed by atoms with E-state index in [1.54, 1.807) is 12.1 Å². The lowest BCUT2D eigenvalue weighted by Crippen LogP contribution is -2.25. The van der Waals surface area contributed by atoms with E-state index in [0.29, 0.717) is 5.56 Å². The first-order valence-corrected chi connectivity index (χ1v) is 5.36. The second-order valence-electron chi connectivity index (χ2n) is 3.52. The van der Waals surface area contributed by atoms with Gasteiger partial charge in [0.25, 0.3) is 5.91 Å². The summed E-state index contributed by atoms with van der Waals surface area (Å²) in [7, 11) is 0. The van der Waals surface area contributed by atoms with Crippen molar-refractivity contribution in [3.05, 3.63) is 41.5 Å². The number of aliphatic carboxylic acids is 1. The molecule has 1 rings (SSSR count). The molecule has 4 nitrogen and oxygen atoms in total. The van der Waals surface area contributed by atoms with Crippen molar-refractivity contribution < 1.29 is 14.7 Å². The summed E-state index contributed by atoms with van der Waals surface area (Å²) >= 11 is 0. The van der Waals surface area contributed by atoms with Crippen molar-refractivity contribution in [2.24, 2.45) is 0 Å². The van der Waals surface area contributed by atoms with E-state index < -0.39 is 5.97 Å². The van der Waals surface area contributed by atoms with Crippen LogP contribution >= 0.6 is 0 Å². The Bertz CT molecular complexity index is 421. The number of carbonyl (C=O) groups is 2. The van der Waals surface area contributed by atoms with E-state index in [-0.39, 0.29) is 18.9 Å². The Morgan fingerprint density at radius 3 is 2.47 bits per heavy atom. The standard InChI is InChI=1S/C13H15NO3/c1-2-3-10-4-6-11(7-5-10)13(17)14-9-8-12(15)16/h2-7H,8-9H2,1H3,(H,14,17)(H,15,16)/b3-2+. The average Bonchev–Trinajstić information content (AvgIpc) is 2.30. The summed E-state index contributed by atoms with van der Waals surface area (Å²) in [4.78, 5) is 21.8. The number of rotatable bonds is 5. The van der Waals surface area contributed by atoms with Crippen LogP contribution < -0.4 is 5.32 Å². The Kier molecular flexibility index (Phi) is 4.94. The summed E-state index contributed by atoms with van der Waals surface area (Å²) in [5.41, 5.74) is 1.55. The minimum Gasteiger partial charge on any atom is -0.481 e. The van der Waals surface area contributed by atoms with Crippen molar-refractivity contribution in [2.75, 3.05) is 6.54 Å². The second kappa shape index (κ2) is 6.48. The average molecular weight is 233 g/mol. The molecule has 0 aliphatic rings. The molecule has 0 spiro atoms. The van der Waals surface area contributed by atoms with Gasteiger partial charge in [-0.15, -0.1) is 0 Å². The fourth-order valence-electron chi connectivity index (χ4n) is 1.32. The highest BCUT2D eigenvalue weighted by atomic mass is 16.4. The number of carboxylic acids is 1. The highest BCUT2D eigenvalue weighted by Gasteiger charge is 2.05. The van der Waals surface area contributed by atoms with Gasteiger partial charge in [-0.3, -0.25) is 9.59 Å². The summed E-state index contributed by atoms with van der Waals surface area (Å²) in [5, 5.41) is 11.0. The van der Waals surface area contributed by atoms with Crippen molar-refractivity contribution in [3.8, 4) is 0 Å². The molecule has 0 aliphatic carbocycles. The molecule has 1 aromatic rings. The van der Waals surface area contributed by atoms with Crippen LogP contribution in [0, 0.1) is 0 Å². The highest BCUT2D eigenvalue weighted by Crippen LogP contribution is 2.06. The van der Waals surface area contributed by atoms with Crippen molar-refractivity contribution >= 4 is 18.0 Å². The van der Waals surface area contributed by atoms with Crippen LogP contribution in [0.1, 0.15) is 29.3 Å². The second-order valence-corrected chi connectivity index (χ2v) is 3.52. The Labute approximate surface area is 100.0 Å². The number of carbonyl (C=O) groups excluding carboxylic acids is 1. The number of carboxylic acid groups (broad SMARTS) is 1. The summed E-state index contributed by atoms with van der Waals surface area (Å²) in [6.45, 7) is 2.07. The molecule has 0 radical (unpaired) electrons. The van der Waals surface area contributed by atoms with Gasteiger partial charge in [0.15, 0.2) is 0 Å². The molecule has 1 aromatic carbocycles. The first-order chi connectivity index (χ1) is 8.13. The Morgan fingerprint density at radius 1 is 1.29 bits per heavy atom. The number of amides is 1. The molecule has 0 atom stereocenters. The van der Waals surface area contributed by atoms with Crippen molar-refractivity contribution in [2.45, 2.75) is 13.3 Å². The first-order valence-electron chi connectivity index (χ1n) is 5.36. The van der Waals surface area contributed by atoms with Gasteiger partial charge in [-0.1, -0.05) is 24.3 Å². The molecule has 0 aliphatic heterocycles. The van der Waals surface area contributed by atoms with Gasteiger partial charge >= 0.3 is 5.97 Å². The van der Waals surface area contributed by atoms with Crippen molar-refractivity contribution in [3.63, 3.8) is 0 Å². The number of benzene rings is 1. The molecule has 0 saturated carbocycles. The topological polar surface area (TPSA) is 66.4 Å². The molecule has 1 amide bonds. The SMILES string of the molecule is C/C=C/c1ccc(C(=O)NCCC(=O)O)cc1. The zero-order valence-electron chi connectivity index (χ0n) is 9.64. The van der Waals surface area contributed by atoms with Crippen LogP contribution in [0.3, 0.4) is 0 Å². The number of hydrogen-bond donors (Lipinski definition) is 2. The Morgan fingerprint density at radius 2 is 1.94 bits per heavy atom. The minimum atomic E-state index is -0.922. The van der Waals surface area contributed by atoms with Crippen LogP contribution in [0.2, 0.25) is 0 Å². The predicted molar refractivity (Wildman–Crippen MR) is 65.7 cm³/mol. The Hall–Kier alpha value is -2.10. The van der Waals surface area contributed by atoms with Crippen LogP contribution in [0.15, 0.2) is 30.3 Å². The molecular weight excluding hydrogens is 218 g/mol. The maximum Gasteiger partial charge on any atom is 0.305 e. The van der Waals surface area contributed by atoms with Gasteiger partial charge in [-0.25, -0.2) is 0 Å². The summed E-state index contributed by atoms with van der Waals surface area (Å²) in [6, 6.07) is 7.11. The monoisotopic (exact) mass is 233 g/mol. The van der Waals surface area contributed by atoms with Crippen LogP contribution in [0.4, 0.5) is 0 Å². The molecule has 0 bridgehead atoms. The molecule has 90 valence electrons. The number of allylic oxidation sites excluding steroid dienone is 1. The lowest BCUT2D eigenvalue weighted by Gasteiger charge is -2.03. The van der Waals surface area contributed by atoms with Crippen LogP contribution in [-0.2, 0) is 4.79 Å². The van der Waals surface area contributed by atoms with E-state index in [4.69, 9.17) is 5.11 Å². The summed E-state index contributed by atoms with van der Waals surface area (Å²) in [5.74, 6) is -1.17. The van der Waals surface area contributed by atoms with Crippen LogP contribution in [0.5, 0.6) is 0 Å². The lowest BCUT2D eigenvalue weighted by atomic mass is 10.1. The van der Waals surface area contributed by atoms with E-state index in [1.165, 1.54) is 0 Å². The van der Waals surface area contributed by atoms with E-state index in [1.807, 2.05) is 31.2 Å². The zero-order valence-corrected chi connectivity index (χ0v) is 9.64. The third-order valence-electron chi connectivity index (χ3n) is 2.16. The fourth-order valence-corrected chi connectivity index (χ4v) is 1.32. The zero-order chi connectivity index (χ0) is 12.7. The molecule has 17 heavy (non-hydrogen) atoms. The minimum absolute atomic E-state index is 0.0671. The molecular formula is C13H15NO3. The van der Waals surface area contributed by atoms with Gasteiger partial charge in [-0.2, -0.15) is 0 Å². The smallest absolute Gasteiger partial charge is 0.305 e. The van der Waals surface area contributed by atoms with Gasteiger partial charge < -0.3 is 10.4 Å². The highest BCUT2D eigenvalue weighted by molar-refractivity contribution is 5.94. The maximum absolute atomic E-state index is 11.6. The van der Waals surface area contributed by atoms with Gasteiger partial charge in [0.05, 0.1) is 6.42 Å². The number of nitrogens with one attached hydrogen (secondary N) is 1. The van der Waals surface area contributed by atoms with Gasteiger partial charge in [0, 0.05) is 12.1 Å². The van der Waals surface area contributed by atoms with Gasteiger partial charge in [0.1, 0.15) is 0 Å². The number of hydrogen-bond acceptors (Lipinski definition) is 2. The maximum atomic E-state index is 11.6. The fraction of sp³-hybridized carbons (Fsp3) is 0.231. The molecule has 2 N–H and O–H groups in total. The van der Waals surface area contributed by atoms with Crippen molar-refractivity contribution in [1.29, 1.82) is 0 Å². The quantitative estimate of drug-likeness (QED) is 0.816.